The van der Waals surface area contributed by atoms with Gasteiger partial charge in [-0.25, -0.2) is 8.51 Å². The van der Waals surface area contributed by atoms with E-state index in [1.807, 2.05) is 4.31 Å². The van der Waals surface area contributed by atoms with Crippen molar-refractivity contribution in [2.45, 2.75) is 25.3 Å². The monoisotopic (exact) mass is 177 g/mol. The topological polar surface area (TPSA) is 40.5 Å². The molecule has 3 nitrogen and oxygen atoms in total. The van der Waals surface area contributed by atoms with Gasteiger partial charge in [0.05, 0.1) is 11.0 Å². The molecule has 0 amide bonds. The highest BCUT2D eigenvalue weighted by molar-refractivity contribution is 7.81. The van der Waals surface area contributed by atoms with Crippen molar-refractivity contribution in [2.24, 2.45) is 0 Å². The number of aliphatic hydroxyl groups excluding tert-OH is 1. The second-order valence-corrected chi connectivity index (χ2v) is 4.19. The molecule has 0 aromatic heterocycles. The maximum Gasteiger partial charge on any atom is 0.0913 e. The van der Waals surface area contributed by atoms with E-state index < -0.39 is 11.0 Å². The van der Waals surface area contributed by atoms with Crippen LogP contribution in [0, 0.1) is 0 Å². The van der Waals surface area contributed by atoms with Crippen molar-refractivity contribution in [1.29, 1.82) is 0 Å². The lowest BCUT2D eigenvalue weighted by Gasteiger charge is -2.19. The van der Waals surface area contributed by atoms with E-state index in [2.05, 4.69) is 0 Å². The van der Waals surface area contributed by atoms with Crippen molar-refractivity contribution in [3.8, 4) is 0 Å². The number of nitrogens with zero attached hydrogens (tertiary/aromatic N) is 1. The average Bonchev–Trinajstić information content (AvgIpc) is 2.36. The summed E-state index contributed by atoms with van der Waals surface area (Å²) in [6, 6.07) is 0.353. The smallest absolute Gasteiger partial charge is 0.0913 e. The van der Waals surface area contributed by atoms with Crippen molar-refractivity contribution in [3.05, 3.63) is 0 Å². The van der Waals surface area contributed by atoms with Crippen LogP contribution in [0.1, 0.15) is 19.3 Å². The first-order chi connectivity index (χ1) is 5.25. The fourth-order valence-corrected chi connectivity index (χ4v) is 2.60. The molecule has 0 radical (unpaired) electrons. The van der Waals surface area contributed by atoms with Crippen molar-refractivity contribution in [2.75, 3.05) is 19.4 Å². The summed E-state index contributed by atoms with van der Waals surface area (Å²) in [4.78, 5) is 0. The maximum atomic E-state index is 11.1. The summed E-state index contributed by atoms with van der Waals surface area (Å²) < 4.78 is 13.1. The first-order valence-corrected chi connectivity index (χ1v) is 5.48. The number of aliphatic hydroxyl groups is 1. The molecule has 4 heteroatoms. The minimum atomic E-state index is -0.850. The van der Waals surface area contributed by atoms with Gasteiger partial charge >= 0.3 is 0 Å². The van der Waals surface area contributed by atoms with Crippen LogP contribution >= 0.6 is 0 Å². The van der Waals surface area contributed by atoms with Gasteiger partial charge in [0.1, 0.15) is 0 Å². The molecule has 0 aromatic rings. The van der Waals surface area contributed by atoms with Gasteiger partial charge in [0.15, 0.2) is 0 Å². The van der Waals surface area contributed by atoms with Crippen LogP contribution in [0.2, 0.25) is 0 Å². The molecule has 1 aliphatic heterocycles. The third kappa shape index (κ3) is 2.25. The standard InChI is InChI=1S/C7H15NO2S/c1-11(10)8-5-2-3-7(8)4-6-9/h7,9H,2-6H2,1H3. The Morgan fingerprint density at radius 1 is 1.73 bits per heavy atom. The molecule has 2 atom stereocenters. The lowest BCUT2D eigenvalue weighted by Crippen LogP contribution is -2.31. The summed E-state index contributed by atoms with van der Waals surface area (Å²) in [5.74, 6) is 0. The summed E-state index contributed by atoms with van der Waals surface area (Å²) in [7, 11) is -0.850. The molecule has 1 N–H and O–H groups in total. The van der Waals surface area contributed by atoms with Crippen LogP contribution in [0.15, 0.2) is 0 Å². The molecule has 11 heavy (non-hydrogen) atoms. The SMILES string of the molecule is CS(=O)N1CCCC1CCO. The van der Waals surface area contributed by atoms with Crippen molar-refractivity contribution >= 4 is 11.0 Å². The van der Waals surface area contributed by atoms with E-state index in [9.17, 15) is 4.21 Å². The van der Waals surface area contributed by atoms with E-state index in [1.165, 1.54) is 0 Å². The van der Waals surface area contributed by atoms with Crippen LogP contribution < -0.4 is 0 Å². The Labute approximate surface area is 70.0 Å². The second kappa shape index (κ2) is 4.18. The van der Waals surface area contributed by atoms with Gasteiger partial charge < -0.3 is 5.11 Å². The van der Waals surface area contributed by atoms with E-state index in [0.29, 0.717) is 6.04 Å². The largest absolute Gasteiger partial charge is 0.396 e. The van der Waals surface area contributed by atoms with Gasteiger partial charge in [0.25, 0.3) is 0 Å². The summed E-state index contributed by atoms with van der Waals surface area (Å²) >= 11 is 0. The quantitative estimate of drug-likeness (QED) is 0.665. The molecule has 1 rings (SSSR count). The highest BCUT2D eigenvalue weighted by Crippen LogP contribution is 2.20. The predicted molar refractivity (Wildman–Crippen MR) is 45.5 cm³/mol. The van der Waals surface area contributed by atoms with Gasteiger partial charge in [0.2, 0.25) is 0 Å². The molecule has 1 fully saturated rings. The van der Waals surface area contributed by atoms with Crippen LogP contribution in [0.25, 0.3) is 0 Å². The first kappa shape index (κ1) is 9.16. The third-order valence-corrected chi connectivity index (χ3v) is 3.26. The predicted octanol–water partition coefficient (Wildman–Crippen LogP) is 0.127. The van der Waals surface area contributed by atoms with Crippen molar-refractivity contribution in [1.82, 2.24) is 4.31 Å². The average molecular weight is 177 g/mol. The molecule has 0 saturated carbocycles. The summed E-state index contributed by atoms with van der Waals surface area (Å²) in [6.45, 7) is 1.13. The number of hydrogen-bond acceptors (Lipinski definition) is 2. The second-order valence-electron chi connectivity index (χ2n) is 2.87. The molecule has 0 spiro atoms. The fourth-order valence-electron chi connectivity index (χ4n) is 1.59. The van der Waals surface area contributed by atoms with Crippen LogP contribution in [-0.4, -0.2) is 39.1 Å². The van der Waals surface area contributed by atoms with E-state index in [4.69, 9.17) is 5.11 Å². The highest BCUT2D eigenvalue weighted by Gasteiger charge is 2.25. The highest BCUT2D eigenvalue weighted by atomic mass is 32.2. The third-order valence-electron chi connectivity index (χ3n) is 2.12. The molecule has 1 heterocycles. The molecule has 66 valence electrons. The summed E-state index contributed by atoms with van der Waals surface area (Å²) in [6.07, 6.45) is 4.67. The Morgan fingerprint density at radius 3 is 3.00 bits per heavy atom. The Kier molecular flexibility index (Phi) is 3.48. The van der Waals surface area contributed by atoms with Gasteiger partial charge in [-0.1, -0.05) is 0 Å². The van der Waals surface area contributed by atoms with Crippen molar-refractivity contribution < 1.29 is 9.32 Å². The molecule has 1 aliphatic rings. The Bertz CT molecular complexity index is 151. The maximum absolute atomic E-state index is 11.1. The number of rotatable bonds is 3. The minimum absolute atomic E-state index is 0.207. The summed E-state index contributed by atoms with van der Waals surface area (Å²) in [5, 5.41) is 8.70. The molecule has 2 unspecified atom stereocenters. The fraction of sp³-hybridized carbons (Fsp3) is 1.00. The first-order valence-electron chi connectivity index (χ1n) is 3.96. The van der Waals surface area contributed by atoms with Gasteiger partial charge in [-0.3, -0.25) is 0 Å². The molecular weight excluding hydrogens is 162 g/mol. The minimum Gasteiger partial charge on any atom is -0.396 e. The number of hydrogen-bond donors (Lipinski definition) is 1. The van der Waals surface area contributed by atoms with E-state index in [-0.39, 0.29) is 6.61 Å². The van der Waals surface area contributed by atoms with Crippen LogP contribution in [-0.2, 0) is 11.0 Å². The van der Waals surface area contributed by atoms with E-state index >= 15 is 0 Å². The normalized spacial score (nSPS) is 29.1. The van der Waals surface area contributed by atoms with Crippen LogP contribution in [0.3, 0.4) is 0 Å². The Balaban J connectivity index is 2.44. The van der Waals surface area contributed by atoms with Crippen molar-refractivity contribution in [3.63, 3.8) is 0 Å². The van der Waals surface area contributed by atoms with Crippen LogP contribution in [0.5, 0.6) is 0 Å². The van der Waals surface area contributed by atoms with Gasteiger partial charge in [-0.2, -0.15) is 0 Å². The van der Waals surface area contributed by atoms with Crippen LogP contribution in [0.4, 0.5) is 0 Å². The Morgan fingerprint density at radius 2 is 2.45 bits per heavy atom. The molecule has 1 saturated heterocycles. The molecule has 0 aromatic carbocycles. The molecule has 0 aliphatic carbocycles. The summed E-state index contributed by atoms with van der Waals surface area (Å²) in [5.41, 5.74) is 0. The zero-order valence-corrected chi connectivity index (χ0v) is 7.64. The lowest BCUT2D eigenvalue weighted by atomic mass is 10.2. The van der Waals surface area contributed by atoms with E-state index in [1.54, 1.807) is 6.26 Å². The van der Waals surface area contributed by atoms with Gasteiger partial charge in [0, 0.05) is 25.4 Å². The molecular formula is C7H15NO2S. The van der Waals surface area contributed by atoms with Gasteiger partial charge in [-0.05, 0) is 19.3 Å². The lowest BCUT2D eigenvalue weighted by molar-refractivity contribution is 0.249. The van der Waals surface area contributed by atoms with E-state index in [0.717, 1.165) is 25.8 Å². The Hall–Kier alpha value is 0.0700. The molecule has 0 bridgehead atoms. The zero-order chi connectivity index (χ0) is 8.27. The zero-order valence-electron chi connectivity index (χ0n) is 6.82. The van der Waals surface area contributed by atoms with Gasteiger partial charge in [-0.15, -0.1) is 0 Å².